The van der Waals surface area contributed by atoms with Crippen molar-refractivity contribution in [2.75, 3.05) is 0 Å². The molecule has 4 fully saturated rings. The van der Waals surface area contributed by atoms with Gasteiger partial charge in [-0.25, -0.2) is 0 Å². The van der Waals surface area contributed by atoms with E-state index in [4.69, 9.17) is 9.84 Å². The van der Waals surface area contributed by atoms with Gasteiger partial charge in [0, 0.05) is 19.3 Å². The third kappa shape index (κ3) is 3.49. The van der Waals surface area contributed by atoms with Gasteiger partial charge in [0.1, 0.15) is 0 Å². The van der Waals surface area contributed by atoms with E-state index < -0.39 is 11.8 Å². The summed E-state index contributed by atoms with van der Waals surface area (Å²) in [6.45, 7) is 7.64. The van der Waals surface area contributed by atoms with Crippen LogP contribution in [0.25, 0.3) is 0 Å². The number of ether oxygens (including phenoxy) is 1. The van der Waals surface area contributed by atoms with E-state index in [0.29, 0.717) is 48.4 Å². The molecule has 5 nitrogen and oxygen atoms in total. The second-order valence-electron chi connectivity index (χ2n) is 11.7. The van der Waals surface area contributed by atoms with Gasteiger partial charge in [0.25, 0.3) is 6.47 Å². The molecule has 0 aromatic heterocycles. The van der Waals surface area contributed by atoms with E-state index in [0.717, 1.165) is 31.1 Å². The van der Waals surface area contributed by atoms with Crippen molar-refractivity contribution in [3.63, 3.8) is 0 Å². The largest absolute Gasteiger partial charge is 0.481 e. The highest BCUT2D eigenvalue weighted by Crippen LogP contribution is 2.68. The SMILES string of the molecule is C[C@H](CCC(=O)O)[C@H]1CC[C@H]2[C@@H]3CCC4C[C@@](O)(OC=O)CC[C@]4(C)[C@H]3CC[C@]12C. The lowest BCUT2D eigenvalue weighted by molar-refractivity contribution is -0.243. The van der Waals surface area contributed by atoms with Crippen LogP contribution in [0.4, 0.5) is 0 Å². The smallest absolute Gasteiger partial charge is 0.303 e. The molecular weight excluding hydrogens is 380 g/mol. The minimum Gasteiger partial charge on any atom is -0.481 e. The fraction of sp³-hybridized carbons (Fsp3) is 0.920. The number of hydrogen-bond donors (Lipinski definition) is 2. The highest BCUT2D eigenvalue weighted by atomic mass is 16.6. The third-order valence-electron chi connectivity index (χ3n) is 10.5. The van der Waals surface area contributed by atoms with E-state index in [9.17, 15) is 14.7 Å². The average Bonchev–Trinajstić information content (AvgIpc) is 3.04. The fourth-order valence-electron chi connectivity index (χ4n) is 8.94. The maximum Gasteiger partial charge on any atom is 0.303 e. The predicted molar refractivity (Wildman–Crippen MR) is 113 cm³/mol. The number of fused-ring (bicyclic) bond motifs is 5. The van der Waals surface area contributed by atoms with Gasteiger partial charge in [-0.05, 0) is 97.7 Å². The molecule has 4 saturated carbocycles. The highest BCUT2D eigenvalue weighted by Gasteiger charge is 2.61. The van der Waals surface area contributed by atoms with Gasteiger partial charge >= 0.3 is 5.97 Å². The number of carboxylic acids is 1. The van der Waals surface area contributed by atoms with E-state index in [-0.39, 0.29) is 11.8 Å². The standard InChI is InChI=1S/C25H40O5/c1-16(4-9-22(27)28)19-7-8-20-18-6-5-17-14-25(29,30-15-26)13-12-23(17,2)21(18)10-11-24(19,20)3/h15-21,29H,4-14H2,1-3H3,(H,27,28)/t16-,17?,18+,19-,20+,21+,23+,24-,25+/m1/s1. The first-order valence-corrected chi connectivity index (χ1v) is 12.2. The van der Waals surface area contributed by atoms with Gasteiger partial charge in [-0.2, -0.15) is 0 Å². The molecular formula is C25H40O5. The van der Waals surface area contributed by atoms with E-state index in [1.165, 1.54) is 32.1 Å². The van der Waals surface area contributed by atoms with Crippen molar-refractivity contribution < 1.29 is 24.5 Å². The molecule has 0 spiro atoms. The summed E-state index contributed by atoms with van der Waals surface area (Å²) in [5, 5.41) is 19.8. The van der Waals surface area contributed by atoms with Crippen LogP contribution in [0.3, 0.4) is 0 Å². The second-order valence-corrected chi connectivity index (χ2v) is 11.7. The summed E-state index contributed by atoms with van der Waals surface area (Å²) in [5.74, 6) is 1.80. The molecule has 0 aliphatic heterocycles. The Morgan fingerprint density at radius 1 is 1.07 bits per heavy atom. The molecule has 0 aromatic carbocycles. The Morgan fingerprint density at radius 2 is 1.80 bits per heavy atom. The van der Waals surface area contributed by atoms with Gasteiger partial charge in [-0.15, -0.1) is 0 Å². The molecule has 0 amide bonds. The molecule has 4 rings (SSSR count). The van der Waals surface area contributed by atoms with Crippen molar-refractivity contribution >= 4 is 12.4 Å². The lowest BCUT2D eigenvalue weighted by atomic mass is 9.44. The first kappa shape index (κ1) is 22.1. The molecule has 30 heavy (non-hydrogen) atoms. The van der Waals surface area contributed by atoms with Crippen LogP contribution in [0.2, 0.25) is 0 Å². The summed E-state index contributed by atoms with van der Waals surface area (Å²) in [5.41, 5.74) is 0.577. The number of aliphatic hydroxyl groups is 1. The van der Waals surface area contributed by atoms with Crippen LogP contribution >= 0.6 is 0 Å². The normalized spacial score (nSPS) is 48.7. The van der Waals surface area contributed by atoms with Crippen molar-refractivity contribution in [2.24, 2.45) is 46.3 Å². The van der Waals surface area contributed by atoms with Crippen LogP contribution in [-0.4, -0.2) is 28.4 Å². The summed E-state index contributed by atoms with van der Waals surface area (Å²) in [6, 6.07) is 0. The zero-order chi connectivity index (χ0) is 21.7. The average molecular weight is 421 g/mol. The zero-order valence-electron chi connectivity index (χ0n) is 18.9. The summed E-state index contributed by atoms with van der Waals surface area (Å²) in [6.07, 6.45) is 10.5. The number of carboxylic acid groups (broad SMARTS) is 1. The van der Waals surface area contributed by atoms with Gasteiger partial charge in [-0.3, -0.25) is 9.59 Å². The number of hydrogen-bond acceptors (Lipinski definition) is 4. The van der Waals surface area contributed by atoms with Gasteiger partial charge < -0.3 is 14.9 Å². The number of carbonyl (C=O) groups excluding carboxylic acids is 1. The van der Waals surface area contributed by atoms with Crippen LogP contribution in [0.15, 0.2) is 0 Å². The van der Waals surface area contributed by atoms with Gasteiger partial charge in [0.05, 0.1) is 0 Å². The molecule has 170 valence electrons. The van der Waals surface area contributed by atoms with Crippen molar-refractivity contribution in [3.05, 3.63) is 0 Å². The first-order valence-electron chi connectivity index (χ1n) is 12.2. The van der Waals surface area contributed by atoms with Crippen LogP contribution in [0.1, 0.15) is 91.4 Å². The maximum absolute atomic E-state index is 11.1. The molecule has 4 aliphatic rings. The molecule has 5 heteroatoms. The topological polar surface area (TPSA) is 83.8 Å². The number of aliphatic carboxylic acids is 1. The fourth-order valence-corrected chi connectivity index (χ4v) is 8.94. The minimum atomic E-state index is -1.26. The minimum absolute atomic E-state index is 0.232. The summed E-state index contributed by atoms with van der Waals surface area (Å²) in [7, 11) is 0. The van der Waals surface area contributed by atoms with Crippen LogP contribution in [0, 0.1) is 46.3 Å². The number of carbonyl (C=O) groups is 2. The monoisotopic (exact) mass is 420 g/mol. The van der Waals surface area contributed by atoms with Crippen LogP contribution < -0.4 is 0 Å². The molecule has 0 saturated heterocycles. The van der Waals surface area contributed by atoms with Crippen LogP contribution in [-0.2, 0) is 14.3 Å². The molecule has 0 bridgehead atoms. The summed E-state index contributed by atoms with van der Waals surface area (Å²) >= 11 is 0. The highest BCUT2D eigenvalue weighted by molar-refractivity contribution is 5.66. The molecule has 0 heterocycles. The number of rotatable bonds is 6. The Kier molecular flexibility index (Phi) is 5.74. The Labute approximate surface area is 180 Å². The quantitative estimate of drug-likeness (QED) is 0.466. The zero-order valence-corrected chi connectivity index (χ0v) is 18.9. The van der Waals surface area contributed by atoms with Gasteiger partial charge in [0.2, 0.25) is 5.79 Å². The van der Waals surface area contributed by atoms with Crippen molar-refractivity contribution in [2.45, 2.75) is 97.2 Å². The second kappa shape index (κ2) is 7.79. The molecule has 1 unspecified atom stereocenters. The van der Waals surface area contributed by atoms with Crippen molar-refractivity contribution in [3.8, 4) is 0 Å². The first-order chi connectivity index (χ1) is 14.1. The summed E-state index contributed by atoms with van der Waals surface area (Å²) < 4.78 is 5.10. The van der Waals surface area contributed by atoms with E-state index >= 15 is 0 Å². The molecule has 2 N–H and O–H groups in total. The third-order valence-corrected chi connectivity index (χ3v) is 10.5. The molecule has 4 aliphatic carbocycles. The van der Waals surface area contributed by atoms with Crippen LogP contribution in [0.5, 0.6) is 0 Å². The van der Waals surface area contributed by atoms with E-state index in [1.807, 2.05) is 0 Å². The molecule has 0 radical (unpaired) electrons. The summed E-state index contributed by atoms with van der Waals surface area (Å²) in [4.78, 5) is 21.9. The van der Waals surface area contributed by atoms with E-state index in [2.05, 4.69) is 20.8 Å². The predicted octanol–water partition coefficient (Wildman–Crippen LogP) is 5.01. The molecule has 9 atom stereocenters. The van der Waals surface area contributed by atoms with Crippen molar-refractivity contribution in [1.29, 1.82) is 0 Å². The van der Waals surface area contributed by atoms with Gasteiger partial charge in [0.15, 0.2) is 0 Å². The Bertz CT molecular complexity index is 678. The maximum atomic E-state index is 11.1. The van der Waals surface area contributed by atoms with E-state index in [1.54, 1.807) is 0 Å². The Hall–Kier alpha value is -1.10. The lowest BCUT2D eigenvalue weighted by Crippen LogP contribution is -2.56. The lowest BCUT2D eigenvalue weighted by Gasteiger charge is -2.62. The molecule has 0 aromatic rings. The van der Waals surface area contributed by atoms with Crippen molar-refractivity contribution in [1.82, 2.24) is 0 Å². The Balaban J connectivity index is 1.50. The van der Waals surface area contributed by atoms with Gasteiger partial charge in [-0.1, -0.05) is 20.8 Å². The Morgan fingerprint density at radius 3 is 2.50 bits per heavy atom.